The molecule has 0 aromatic carbocycles. The first-order valence-electron chi connectivity index (χ1n) is 7.66. The molecular formula is C15H26N4O. The van der Waals surface area contributed by atoms with Crippen LogP contribution in [0.25, 0.3) is 0 Å². The van der Waals surface area contributed by atoms with Crippen LogP contribution >= 0.6 is 0 Å². The van der Waals surface area contributed by atoms with Crippen LogP contribution < -0.4 is 5.73 Å². The Bertz CT molecular complexity index is 468. The lowest BCUT2D eigenvalue weighted by Crippen LogP contribution is -2.46. The number of carbonyl (C=O) groups excluding carboxylic acids is 1. The Labute approximate surface area is 121 Å². The van der Waals surface area contributed by atoms with Crippen LogP contribution in [-0.2, 0) is 13.0 Å². The molecule has 112 valence electrons. The van der Waals surface area contributed by atoms with E-state index >= 15 is 0 Å². The molecular weight excluding hydrogens is 252 g/mol. The summed E-state index contributed by atoms with van der Waals surface area (Å²) in [5, 5.41) is 4.46. The first kappa shape index (κ1) is 15.0. The van der Waals surface area contributed by atoms with E-state index in [9.17, 15) is 4.79 Å². The van der Waals surface area contributed by atoms with Crippen LogP contribution in [0.2, 0.25) is 0 Å². The Morgan fingerprint density at radius 3 is 2.85 bits per heavy atom. The molecule has 2 unspecified atom stereocenters. The predicted octanol–water partition coefficient (Wildman–Crippen LogP) is 1.52. The maximum absolute atomic E-state index is 12.7. The fraction of sp³-hybridized carbons (Fsp3) is 0.733. The van der Waals surface area contributed by atoms with Crippen molar-refractivity contribution in [3.05, 3.63) is 17.5 Å². The van der Waals surface area contributed by atoms with E-state index in [1.54, 1.807) is 0 Å². The maximum atomic E-state index is 12.7. The van der Waals surface area contributed by atoms with Gasteiger partial charge in [-0.2, -0.15) is 5.10 Å². The fourth-order valence-electron chi connectivity index (χ4n) is 2.86. The lowest BCUT2D eigenvalue weighted by molar-refractivity contribution is 0.0606. The topological polar surface area (TPSA) is 64.2 Å². The average Bonchev–Trinajstić information content (AvgIpc) is 2.90. The monoisotopic (exact) mass is 278 g/mol. The molecule has 1 saturated heterocycles. The van der Waals surface area contributed by atoms with Crippen LogP contribution in [0.3, 0.4) is 0 Å². The minimum Gasteiger partial charge on any atom is -0.337 e. The zero-order valence-electron chi connectivity index (χ0n) is 12.8. The number of aromatic nitrogens is 2. The van der Waals surface area contributed by atoms with Crippen LogP contribution in [0.1, 0.15) is 43.4 Å². The fourth-order valence-corrected chi connectivity index (χ4v) is 2.86. The van der Waals surface area contributed by atoms with Gasteiger partial charge in [0.15, 0.2) is 0 Å². The van der Waals surface area contributed by atoms with Crippen LogP contribution in [-0.4, -0.2) is 40.2 Å². The smallest absolute Gasteiger partial charge is 0.272 e. The van der Waals surface area contributed by atoms with Crippen LogP contribution in [0.5, 0.6) is 0 Å². The Hall–Kier alpha value is -1.36. The number of hydrogen-bond acceptors (Lipinski definition) is 3. The molecule has 0 bridgehead atoms. The molecule has 1 aliphatic heterocycles. The lowest BCUT2D eigenvalue weighted by Gasteiger charge is -2.36. The van der Waals surface area contributed by atoms with Crippen molar-refractivity contribution < 1.29 is 4.79 Å². The first-order chi connectivity index (χ1) is 9.60. The Morgan fingerprint density at radius 1 is 1.50 bits per heavy atom. The number of likely N-dealkylation sites (tertiary alicyclic amines) is 1. The highest BCUT2D eigenvalue weighted by Gasteiger charge is 2.29. The second kappa shape index (κ2) is 6.39. The van der Waals surface area contributed by atoms with Gasteiger partial charge in [0.1, 0.15) is 5.69 Å². The van der Waals surface area contributed by atoms with Crippen molar-refractivity contribution in [2.24, 2.45) is 17.6 Å². The van der Waals surface area contributed by atoms with Gasteiger partial charge in [0, 0.05) is 19.6 Å². The maximum Gasteiger partial charge on any atom is 0.272 e. The number of piperidine rings is 1. The van der Waals surface area contributed by atoms with Crippen molar-refractivity contribution in [3.8, 4) is 0 Å². The van der Waals surface area contributed by atoms with Crippen molar-refractivity contribution in [1.29, 1.82) is 0 Å². The van der Waals surface area contributed by atoms with Crippen molar-refractivity contribution in [2.75, 3.05) is 19.6 Å². The molecule has 2 heterocycles. The van der Waals surface area contributed by atoms with E-state index in [0.717, 1.165) is 43.9 Å². The Kier molecular flexibility index (Phi) is 4.81. The van der Waals surface area contributed by atoms with Gasteiger partial charge in [0.25, 0.3) is 5.91 Å². The molecule has 20 heavy (non-hydrogen) atoms. The summed E-state index contributed by atoms with van der Waals surface area (Å²) in [5.41, 5.74) is 7.52. The summed E-state index contributed by atoms with van der Waals surface area (Å²) < 4.78 is 1.82. The number of amides is 1. The summed E-state index contributed by atoms with van der Waals surface area (Å²) >= 11 is 0. The van der Waals surface area contributed by atoms with E-state index in [1.807, 2.05) is 22.6 Å². The summed E-state index contributed by atoms with van der Waals surface area (Å²) in [6, 6.07) is 1.93. The van der Waals surface area contributed by atoms with Gasteiger partial charge in [0.2, 0.25) is 0 Å². The summed E-state index contributed by atoms with van der Waals surface area (Å²) in [6.45, 7) is 9.28. The van der Waals surface area contributed by atoms with Crippen molar-refractivity contribution >= 4 is 5.91 Å². The highest BCUT2D eigenvalue weighted by molar-refractivity contribution is 5.92. The molecule has 1 aromatic rings. The summed E-state index contributed by atoms with van der Waals surface area (Å²) in [7, 11) is 0. The number of nitrogens with zero attached hydrogens (tertiary/aromatic N) is 3. The zero-order chi connectivity index (χ0) is 14.7. The van der Waals surface area contributed by atoms with Gasteiger partial charge < -0.3 is 10.6 Å². The molecule has 2 rings (SSSR count). The molecule has 5 nitrogen and oxygen atoms in total. The predicted molar refractivity (Wildman–Crippen MR) is 79.5 cm³/mol. The van der Waals surface area contributed by atoms with Gasteiger partial charge in [-0.3, -0.25) is 9.48 Å². The van der Waals surface area contributed by atoms with E-state index in [-0.39, 0.29) is 5.91 Å². The molecule has 0 saturated carbocycles. The third-order valence-corrected chi connectivity index (χ3v) is 4.42. The number of carbonyl (C=O) groups is 1. The van der Waals surface area contributed by atoms with Gasteiger partial charge in [-0.05, 0) is 44.2 Å². The third kappa shape index (κ3) is 2.87. The van der Waals surface area contributed by atoms with Gasteiger partial charge in [-0.15, -0.1) is 0 Å². The lowest BCUT2D eigenvalue weighted by atomic mass is 9.87. The minimum atomic E-state index is 0.101. The molecule has 1 aromatic heterocycles. The number of nitrogens with two attached hydrogens (primary N) is 1. The molecule has 0 radical (unpaired) electrons. The highest BCUT2D eigenvalue weighted by atomic mass is 16.2. The largest absolute Gasteiger partial charge is 0.337 e. The molecule has 1 aliphatic rings. The summed E-state index contributed by atoms with van der Waals surface area (Å²) in [4.78, 5) is 14.6. The van der Waals surface area contributed by atoms with Gasteiger partial charge >= 0.3 is 0 Å². The van der Waals surface area contributed by atoms with E-state index in [2.05, 4.69) is 18.9 Å². The van der Waals surface area contributed by atoms with E-state index in [4.69, 9.17) is 5.73 Å². The second-order valence-electron chi connectivity index (χ2n) is 5.70. The first-order valence-corrected chi connectivity index (χ1v) is 7.66. The van der Waals surface area contributed by atoms with Gasteiger partial charge in [-0.1, -0.05) is 13.8 Å². The van der Waals surface area contributed by atoms with E-state index < -0.39 is 0 Å². The Balaban J connectivity index is 2.16. The normalized spacial score (nSPS) is 23.1. The number of hydrogen-bond donors (Lipinski definition) is 1. The number of aryl methyl sites for hydroxylation is 2. The molecule has 2 atom stereocenters. The summed E-state index contributed by atoms with van der Waals surface area (Å²) in [5.74, 6) is 1.12. The molecule has 1 fully saturated rings. The molecule has 1 amide bonds. The minimum absolute atomic E-state index is 0.101. The van der Waals surface area contributed by atoms with Crippen LogP contribution in [0.4, 0.5) is 0 Å². The zero-order valence-corrected chi connectivity index (χ0v) is 12.8. The molecule has 2 N–H and O–H groups in total. The summed E-state index contributed by atoms with van der Waals surface area (Å²) in [6.07, 6.45) is 1.89. The Morgan fingerprint density at radius 2 is 2.25 bits per heavy atom. The highest BCUT2D eigenvalue weighted by Crippen LogP contribution is 2.23. The second-order valence-corrected chi connectivity index (χ2v) is 5.70. The van der Waals surface area contributed by atoms with E-state index in [0.29, 0.717) is 18.4 Å². The van der Waals surface area contributed by atoms with E-state index in [1.165, 1.54) is 0 Å². The van der Waals surface area contributed by atoms with Gasteiger partial charge in [-0.25, -0.2) is 0 Å². The average molecular weight is 278 g/mol. The van der Waals surface area contributed by atoms with Crippen molar-refractivity contribution in [3.63, 3.8) is 0 Å². The van der Waals surface area contributed by atoms with Crippen LogP contribution in [0.15, 0.2) is 6.07 Å². The van der Waals surface area contributed by atoms with Gasteiger partial charge in [0.05, 0.1) is 5.69 Å². The standard InChI is InChI=1S/C15H26N4O/c1-4-13-8-14(19(5-2)17-13)15(20)18-7-6-11(3)12(9-16)10-18/h8,11-12H,4-7,9-10,16H2,1-3H3. The van der Waals surface area contributed by atoms with Crippen molar-refractivity contribution in [2.45, 2.75) is 40.2 Å². The molecule has 0 aliphatic carbocycles. The molecule has 0 spiro atoms. The number of rotatable bonds is 4. The molecule has 5 heteroatoms. The van der Waals surface area contributed by atoms with Crippen molar-refractivity contribution in [1.82, 2.24) is 14.7 Å². The quantitative estimate of drug-likeness (QED) is 0.908. The SMILES string of the molecule is CCc1cc(C(=O)N2CCC(C)C(CN)C2)n(CC)n1. The van der Waals surface area contributed by atoms with Crippen LogP contribution in [0, 0.1) is 11.8 Å². The third-order valence-electron chi connectivity index (χ3n) is 4.42.